The molecule has 260 valence electrons. The average molecular weight is 683 g/mol. The zero-order valence-electron chi connectivity index (χ0n) is 27.9. The first-order valence-electron chi connectivity index (χ1n) is 17.9. The maximum Gasteiger partial charge on any atom is 0.319 e. The number of fused-ring (bicyclic) bond motifs is 5. The number of phenols is 1. The molecule has 1 amide bonds. The third-order valence-corrected chi connectivity index (χ3v) is 11.8. The summed E-state index contributed by atoms with van der Waals surface area (Å²) in [6.45, 7) is 5.25. The van der Waals surface area contributed by atoms with E-state index in [0.29, 0.717) is 52.8 Å². The summed E-state index contributed by atoms with van der Waals surface area (Å²) in [6, 6.07) is 9.59. The molecule has 2 aromatic carbocycles. The van der Waals surface area contributed by atoms with Gasteiger partial charge in [-0.05, 0) is 79.7 Å². The number of carbonyl (C=O) groups excluding carboxylic acids is 1. The summed E-state index contributed by atoms with van der Waals surface area (Å²) in [4.78, 5) is 28.0. The fraction of sp³-hybridized carbons (Fsp3) is 0.526. The lowest BCUT2D eigenvalue weighted by Gasteiger charge is -2.41. The van der Waals surface area contributed by atoms with Crippen LogP contribution in [0.25, 0.3) is 22.0 Å². The number of carbonyl (C=O) groups is 1. The normalized spacial score (nSPS) is 28.3. The maximum absolute atomic E-state index is 14.7. The number of piperazine rings is 1. The van der Waals surface area contributed by atoms with E-state index in [1.807, 2.05) is 17.0 Å². The number of anilines is 1. The number of phenolic OH excluding ortho intramolecular Hbond substituents is 1. The minimum absolute atomic E-state index is 0.0130. The second-order valence-electron chi connectivity index (χ2n) is 15.1. The Morgan fingerprint density at radius 2 is 2.06 bits per heavy atom. The highest BCUT2D eigenvalue weighted by Gasteiger charge is 2.50. The Labute approximate surface area is 289 Å². The van der Waals surface area contributed by atoms with Crippen LogP contribution in [0.1, 0.15) is 62.0 Å². The fourth-order valence-corrected chi connectivity index (χ4v) is 9.15. The molecular formula is C38H40F2N6O4. The summed E-state index contributed by atoms with van der Waals surface area (Å²) in [7, 11) is 0. The van der Waals surface area contributed by atoms with Crippen LogP contribution in [-0.4, -0.2) is 94.0 Å². The highest BCUT2D eigenvalue weighted by molar-refractivity contribution is 6.02. The van der Waals surface area contributed by atoms with Crippen LogP contribution in [0.15, 0.2) is 36.7 Å². The van der Waals surface area contributed by atoms with Gasteiger partial charge >= 0.3 is 6.01 Å². The quantitative estimate of drug-likeness (QED) is 0.289. The molecule has 1 aromatic heterocycles. The minimum atomic E-state index is -1.07. The molecule has 5 fully saturated rings. The number of alkyl halides is 1. The fourth-order valence-electron chi connectivity index (χ4n) is 9.15. The van der Waals surface area contributed by atoms with E-state index < -0.39 is 29.5 Å². The van der Waals surface area contributed by atoms with Gasteiger partial charge < -0.3 is 24.4 Å². The van der Waals surface area contributed by atoms with Crippen molar-refractivity contribution in [1.82, 2.24) is 19.8 Å². The number of aromatic hydroxyl groups is 1. The van der Waals surface area contributed by atoms with E-state index in [9.17, 15) is 23.9 Å². The Morgan fingerprint density at radius 3 is 2.86 bits per heavy atom. The molecule has 12 heteroatoms. The Kier molecular flexibility index (Phi) is 7.42. The second kappa shape index (κ2) is 11.8. The van der Waals surface area contributed by atoms with Crippen LogP contribution < -0.4 is 14.4 Å². The number of benzene rings is 2. The Bertz CT molecular complexity index is 1960. The van der Waals surface area contributed by atoms with Crippen molar-refractivity contribution in [2.75, 3.05) is 44.2 Å². The standard InChI is InChI=1S/C38H40F2N6O4/c1-21(39)36(48)46-13-12-44(19-24(46)8-10-41)35-30-16-31(47)32(27-5-2-4-26-28-14-22(28)15-29(26)27)34(50-25-6-7-25)33(30)42-37(43-35)49-20-38-9-3-11-45(38)18-23(40)17-38/h2,4-5,16,22-25,28,47H,1,3,6-9,11-15,17-20H2/t22-,23+,24-,28-,38-/m0/s1. The van der Waals surface area contributed by atoms with Crippen LogP contribution in [0.3, 0.4) is 0 Å². The van der Waals surface area contributed by atoms with Crippen LogP contribution in [0.5, 0.6) is 17.5 Å². The molecule has 3 aromatic rings. The zero-order chi connectivity index (χ0) is 34.3. The summed E-state index contributed by atoms with van der Waals surface area (Å²) >= 11 is 0. The molecule has 5 atom stereocenters. The van der Waals surface area contributed by atoms with Gasteiger partial charge in [0, 0.05) is 32.6 Å². The van der Waals surface area contributed by atoms with E-state index >= 15 is 0 Å². The number of aromatic nitrogens is 2. The lowest BCUT2D eigenvalue weighted by molar-refractivity contribution is -0.131. The van der Waals surface area contributed by atoms with Crippen LogP contribution in [0.4, 0.5) is 14.6 Å². The molecule has 3 aliphatic carbocycles. The third-order valence-electron chi connectivity index (χ3n) is 11.8. The minimum Gasteiger partial charge on any atom is -0.507 e. The van der Waals surface area contributed by atoms with Gasteiger partial charge in [0.25, 0.3) is 5.91 Å². The first kappa shape index (κ1) is 31.5. The molecule has 3 aliphatic heterocycles. The number of nitrogens with zero attached hydrogens (tertiary/aromatic N) is 6. The van der Waals surface area contributed by atoms with E-state index in [4.69, 9.17) is 19.4 Å². The Balaban J connectivity index is 1.18. The van der Waals surface area contributed by atoms with E-state index in [-0.39, 0.29) is 50.5 Å². The first-order valence-corrected chi connectivity index (χ1v) is 17.9. The summed E-state index contributed by atoms with van der Waals surface area (Å²) in [5, 5.41) is 22.1. The van der Waals surface area contributed by atoms with E-state index in [0.717, 1.165) is 44.2 Å². The molecule has 3 saturated heterocycles. The summed E-state index contributed by atoms with van der Waals surface area (Å²) in [6.07, 6.45) is 5.21. The Hall–Kier alpha value is -4.50. The van der Waals surface area contributed by atoms with Crippen molar-refractivity contribution in [3.63, 3.8) is 0 Å². The van der Waals surface area contributed by atoms with E-state index in [2.05, 4.69) is 23.6 Å². The van der Waals surface area contributed by atoms with Gasteiger partial charge in [-0.1, -0.05) is 24.8 Å². The smallest absolute Gasteiger partial charge is 0.319 e. The number of nitriles is 1. The lowest BCUT2D eigenvalue weighted by Crippen LogP contribution is -2.55. The highest BCUT2D eigenvalue weighted by Crippen LogP contribution is 2.59. The summed E-state index contributed by atoms with van der Waals surface area (Å²) < 4.78 is 41.8. The van der Waals surface area contributed by atoms with Gasteiger partial charge in [0.2, 0.25) is 0 Å². The molecule has 6 aliphatic rings. The van der Waals surface area contributed by atoms with Gasteiger partial charge in [0.1, 0.15) is 29.9 Å². The van der Waals surface area contributed by atoms with Gasteiger partial charge in [0.15, 0.2) is 11.6 Å². The lowest BCUT2D eigenvalue weighted by atomic mass is 9.92. The van der Waals surface area contributed by atoms with Gasteiger partial charge in [-0.2, -0.15) is 15.2 Å². The van der Waals surface area contributed by atoms with Crippen molar-refractivity contribution in [2.45, 2.75) is 81.1 Å². The molecule has 50 heavy (non-hydrogen) atoms. The molecule has 4 heterocycles. The van der Waals surface area contributed by atoms with Crippen molar-refractivity contribution in [3.05, 3.63) is 47.8 Å². The molecular weight excluding hydrogens is 642 g/mol. The Morgan fingerprint density at radius 1 is 1.20 bits per heavy atom. The van der Waals surface area contributed by atoms with Crippen molar-refractivity contribution in [3.8, 4) is 34.7 Å². The first-order chi connectivity index (χ1) is 24.2. The topological polar surface area (TPSA) is 115 Å². The van der Waals surface area contributed by atoms with Gasteiger partial charge in [0.05, 0.1) is 41.1 Å². The second-order valence-corrected chi connectivity index (χ2v) is 15.1. The van der Waals surface area contributed by atoms with E-state index in [1.54, 1.807) is 6.07 Å². The third kappa shape index (κ3) is 5.24. The monoisotopic (exact) mass is 682 g/mol. The number of hydrogen-bond donors (Lipinski definition) is 1. The maximum atomic E-state index is 14.7. The molecule has 2 saturated carbocycles. The average Bonchev–Trinajstić information content (AvgIpc) is 3.98. The number of ether oxygens (including phenoxy) is 2. The van der Waals surface area contributed by atoms with Gasteiger partial charge in [-0.25, -0.2) is 8.78 Å². The highest BCUT2D eigenvalue weighted by atomic mass is 19.1. The number of halogens is 2. The molecule has 1 N–H and O–H groups in total. The zero-order valence-corrected chi connectivity index (χ0v) is 27.9. The number of hydrogen-bond acceptors (Lipinski definition) is 9. The van der Waals surface area contributed by atoms with Gasteiger partial charge in [-0.3, -0.25) is 9.69 Å². The number of rotatable bonds is 9. The molecule has 0 spiro atoms. The summed E-state index contributed by atoms with van der Waals surface area (Å²) in [5.41, 5.74) is 4.21. The van der Waals surface area contributed by atoms with Crippen molar-refractivity contribution in [2.24, 2.45) is 5.92 Å². The van der Waals surface area contributed by atoms with Crippen LogP contribution in [0.2, 0.25) is 0 Å². The molecule has 0 radical (unpaired) electrons. The van der Waals surface area contributed by atoms with Crippen LogP contribution in [0, 0.1) is 17.2 Å². The predicted molar refractivity (Wildman–Crippen MR) is 182 cm³/mol. The van der Waals surface area contributed by atoms with Gasteiger partial charge in [-0.15, -0.1) is 0 Å². The summed E-state index contributed by atoms with van der Waals surface area (Å²) in [5.74, 6) is 0.299. The SMILES string of the molecule is C=C(F)C(=O)N1CCN(c2nc(OC[C@@]34CCCN3C[C@H](F)C4)nc3c(OC4CC4)c(-c4cccc5c4C[C@@H]4C[C@H]54)c(O)cc23)C[C@@H]1CC#N. The molecule has 9 rings (SSSR count). The van der Waals surface area contributed by atoms with E-state index in [1.165, 1.54) is 22.4 Å². The van der Waals surface area contributed by atoms with Crippen molar-refractivity contribution < 1.29 is 28.2 Å². The predicted octanol–water partition coefficient (Wildman–Crippen LogP) is 5.57. The van der Waals surface area contributed by atoms with Crippen LogP contribution in [-0.2, 0) is 11.2 Å². The molecule has 10 nitrogen and oxygen atoms in total. The van der Waals surface area contributed by atoms with Crippen molar-refractivity contribution >= 4 is 22.6 Å². The van der Waals surface area contributed by atoms with Crippen LogP contribution >= 0.6 is 0 Å². The molecule has 0 unspecified atom stereocenters. The van der Waals surface area contributed by atoms with Crippen molar-refractivity contribution in [1.29, 1.82) is 5.26 Å². The number of amides is 1. The largest absolute Gasteiger partial charge is 0.507 e. The molecule has 0 bridgehead atoms.